The van der Waals surface area contributed by atoms with Gasteiger partial charge in [-0.25, -0.2) is 4.39 Å². The Morgan fingerprint density at radius 1 is 1.13 bits per heavy atom. The Labute approximate surface area is 181 Å². The highest BCUT2D eigenvalue weighted by molar-refractivity contribution is 5.78. The van der Waals surface area contributed by atoms with Crippen molar-refractivity contribution >= 4 is 5.91 Å². The van der Waals surface area contributed by atoms with Gasteiger partial charge in [-0.15, -0.1) is 0 Å². The van der Waals surface area contributed by atoms with Crippen molar-refractivity contribution in [3.05, 3.63) is 65.5 Å². The van der Waals surface area contributed by atoms with Gasteiger partial charge in [0, 0.05) is 25.7 Å². The highest BCUT2D eigenvalue weighted by atomic mass is 19.1. The van der Waals surface area contributed by atoms with Crippen molar-refractivity contribution in [2.75, 3.05) is 32.8 Å². The molecule has 0 aromatic heterocycles. The molecule has 2 aromatic carbocycles. The van der Waals surface area contributed by atoms with Crippen LogP contribution < -0.4 is 4.74 Å². The van der Waals surface area contributed by atoms with Crippen molar-refractivity contribution in [1.29, 1.82) is 5.26 Å². The molecular weight excluding hydrogens is 397 g/mol. The molecule has 1 amide bonds. The van der Waals surface area contributed by atoms with E-state index >= 15 is 0 Å². The average Bonchev–Trinajstić information content (AvgIpc) is 2.80. The molecule has 2 aromatic rings. The van der Waals surface area contributed by atoms with Crippen LogP contribution >= 0.6 is 0 Å². The van der Waals surface area contributed by atoms with E-state index in [1.165, 1.54) is 12.1 Å². The van der Waals surface area contributed by atoms with Gasteiger partial charge in [-0.3, -0.25) is 9.69 Å². The first-order chi connectivity index (χ1) is 15.1. The van der Waals surface area contributed by atoms with Gasteiger partial charge < -0.3 is 14.4 Å². The maximum atomic E-state index is 13.0. The van der Waals surface area contributed by atoms with E-state index in [1.807, 2.05) is 29.2 Å². The van der Waals surface area contributed by atoms with Crippen molar-refractivity contribution < 1.29 is 18.7 Å². The molecule has 0 spiro atoms. The standard InChI is InChI=1S/C24H26FN3O3/c25-20-5-7-22(8-6-20)30-16-23-15-28(24(29)17-31-23)21-9-11-27(12-10-21)14-19-4-2-1-3-18(19)13-26/h1-8,21,23H,9-12,14-17H2/t23-/m0/s1. The van der Waals surface area contributed by atoms with E-state index in [-0.39, 0.29) is 30.5 Å². The SMILES string of the molecule is N#Cc1ccccc1CN1CCC(N2C[C@@H](COc3ccc(F)cc3)OCC2=O)CC1. The second kappa shape index (κ2) is 9.90. The van der Waals surface area contributed by atoms with Gasteiger partial charge in [-0.1, -0.05) is 18.2 Å². The van der Waals surface area contributed by atoms with E-state index in [0.29, 0.717) is 18.9 Å². The summed E-state index contributed by atoms with van der Waals surface area (Å²) in [5.74, 6) is 0.297. The molecule has 0 N–H and O–H groups in total. The molecule has 4 rings (SSSR count). The van der Waals surface area contributed by atoms with E-state index in [2.05, 4.69) is 11.0 Å². The Kier molecular flexibility index (Phi) is 6.80. The molecule has 2 heterocycles. The normalized spacial score (nSPS) is 20.5. The molecule has 2 saturated heterocycles. The Balaban J connectivity index is 1.28. The molecule has 7 heteroatoms. The van der Waals surface area contributed by atoms with Crippen LogP contribution in [-0.4, -0.2) is 60.7 Å². The minimum absolute atomic E-state index is 0.0197. The van der Waals surface area contributed by atoms with Gasteiger partial charge in [0.2, 0.25) is 5.91 Å². The number of carbonyl (C=O) groups excluding carboxylic acids is 1. The fourth-order valence-electron chi connectivity index (χ4n) is 4.22. The number of benzene rings is 2. The Hall–Kier alpha value is -2.95. The molecule has 2 fully saturated rings. The number of amides is 1. The second-order valence-corrected chi connectivity index (χ2v) is 8.02. The van der Waals surface area contributed by atoms with Crippen LogP contribution in [0.1, 0.15) is 24.0 Å². The van der Waals surface area contributed by atoms with E-state index in [0.717, 1.165) is 43.6 Å². The number of likely N-dealkylation sites (tertiary alicyclic amines) is 1. The van der Waals surface area contributed by atoms with Crippen LogP contribution in [0.4, 0.5) is 4.39 Å². The third-order valence-corrected chi connectivity index (χ3v) is 5.94. The second-order valence-electron chi connectivity index (χ2n) is 8.02. The van der Waals surface area contributed by atoms with Crippen molar-refractivity contribution in [3.63, 3.8) is 0 Å². The van der Waals surface area contributed by atoms with E-state index < -0.39 is 0 Å². The van der Waals surface area contributed by atoms with Gasteiger partial charge in [-0.2, -0.15) is 5.26 Å². The lowest BCUT2D eigenvalue weighted by atomic mass is 10.0. The van der Waals surface area contributed by atoms with Gasteiger partial charge in [0.15, 0.2) is 0 Å². The average molecular weight is 423 g/mol. The van der Waals surface area contributed by atoms with Gasteiger partial charge in [0.05, 0.1) is 18.2 Å². The van der Waals surface area contributed by atoms with Crippen LogP contribution in [0, 0.1) is 17.1 Å². The molecular formula is C24H26FN3O3. The van der Waals surface area contributed by atoms with Gasteiger partial charge in [0.1, 0.15) is 30.9 Å². The van der Waals surface area contributed by atoms with Crippen molar-refractivity contribution in [3.8, 4) is 11.8 Å². The maximum absolute atomic E-state index is 13.0. The number of rotatable bonds is 6. The Morgan fingerprint density at radius 3 is 2.61 bits per heavy atom. The quantitative estimate of drug-likeness (QED) is 0.715. The summed E-state index contributed by atoms with van der Waals surface area (Å²) in [6, 6.07) is 16.0. The van der Waals surface area contributed by atoms with Crippen molar-refractivity contribution in [2.45, 2.75) is 31.5 Å². The first-order valence-corrected chi connectivity index (χ1v) is 10.6. The number of nitrogens with zero attached hydrogens (tertiary/aromatic N) is 3. The van der Waals surface area contributed by atoms with Crippen LogP contribution in [-0.2, 0) is 16.1 Å². The lowest BCUT2D eigenvalue weighted by Gasteiger charge is -2.42. The van der Waals surface area contributed by atoms with Crippen LogP contribution in [0.25, 0.3) is 0 Å². The molecule has 0 aliphatic carbocycles. The number of piperidine rings is 1. The number of hydrogen-bond acceptors (Lipinski definition) is 5. The molecule has 0 radical (unpaired) electrons. The number of nitriles is 1. The minimum Gasteiger partial charge on any atom is -0.491 e. The lowest BCUT2D eigenvalue weighted by molar-refractivity contribution is -0.155. The largest absolute Gasteiger partial charge is 0.491 e. The molecule has 31 heavy (non-hydrogen) atoms. The highest BCUT2D eigenvalue weighted by Crippen LogP contribution is 2.22. The molecule has 162 valence electrons. The zero-order valence-electron chi connectivity index (χ0n) is 17.4. The van der Waals surface area contributed by atoms with Gasteiger partial charge in [0.25, 0.3) is 0 Å². The highest BCUT2D eigenvalue weighted by Gasteiger charge is 2.33. The Morgan fingerprint density at radius 2 is 1.87 bits per heavy atom. The first kappa shape index (κ1) is 21.3. The molecule has 0 bridgehead atoms. The van der Waals surface area contributed by atoms with Gasteiger partial charge in [-0.05, 0) is 48.7 Å². The van der Waals surface area contributed by atoms with E-state index in [9.17, 15) is 14.4 Å². The number of hydrogen-bond donors (Lipinski definition) is 0. The third-order valence-electron chi connectivity index (χ3n) is 5.94. The summed E-state index contributed by atoms with van der Waals surface area (Å²) >= 11 is 0. The van der Waals surface area contributed by atoms with Crippen LogP contribution in [0.3, 0.4) is 0 Å². The zero-order chi connectivity index (χ0) is 21.6. The lowest BCUT2D eigenvalue weighted by Crippen LogP contribution is -2.55. The Bertz CT molecular complexity index is 936. The smallest absolute Gasteiger partial charge is 0.248 e. The fourth-order valence-corrected chi connectivity index (χ4v) is 4.22. The summed E-state index contributed by atoms with van der Waals surface area (Å²) < 4.78 is 24.4. The molecule has 6 nitrogen and oxygen atoms in total. The predicted molar refractivity (Wildman–Crippen MR) is 113 cm³/mol. The molecule has 0 unspecified atom stereocenters. The summed E-state index contributed by atoms with van der Waals surface area (Å²) in [5, 5.41) is 9.29. The topological polar surface area (TPSA) is 65.8 Å². The van der Waals surface area contributed by atoms with E-state index in [4.69, 9.17) is 9.47 Å². The first-order valence-electron chi connectivity index (χ1n) is 10.6. The van der Waals surface area contributed by atoms with Crippen LogP contribution in [0.5, 0.6) is 5.75 Å². The monoisotopic (exact) mass is 423 g/mol. The fraction of sp³-hybridized carbons (Fsp3) is 0.417. The summed E-state index contributed by atoms with van der Waals surface area (Å²) in [5.41, 5.74) is 1.76. The van der Waals surface area contributed by atoms with Crippen LogP contribution in [0.15, 0.2) is 48.5 Å². The van der Waals surface area contributed by atoms with Crippen molar-refractivity contribution in [1.82, 2.24) is 9.80 Å². The summed E-state index contributed by atoms with van der Waals surface area (Å²) in [6.07, 6.45) is 1.58. The third kappa shape index (κ3) is 5.40. The maximum Gasteiger partial charge on any atom is 0.248 e. The molecule has 1 atom stereocenters. The predicted octanol–water partition coefficient (Wildman–Crippen LogP) is 2.97. The number of morpholine rings is 1. The summed E-state index contributed by atoms with van der Waals surface area (Å²) in [7, 11) is 0. The van der Waals surface area contributed by atoms with Crippen molar-refractivity contribution in [2.24, 2.45) is 0 Å². The molecule has 0 saturated carbocycles. The van der Waals surface area contributed by atoms with Crippen LogP contribution in [0.2, 0.25) is 0 Å². The molecule has 2 aliphatic heterocycles. The summed E-state index contributed by atoms with van der Waals surface area (Å²) in [4.78, 5) is 16.7. The molecule has 2 aliphatic rings. The number of ether oxygens (including phenoxy) is 2. The minimum atomic E-state index is -0.305. The summed E-state index contributed by atoms with van der Waals surface area (Å²) in [6.45, 7) is 3.40. The zero-order valence-corrected chi connectivity index (χ0v) is 17.4. The number of halogens is 1. The van der Waals surface area contributed by atoms with E-state index in [1.54, 1.807) is 12.1 Å². The van der Waals surface area contributed by atoms with Gasteiger partial charge >= 0.3 is 0 Å². The number of carbonyl (C=O) groups is 1.